The van der Waals surface area contributed by atoms with Crippen LogP contribution in [0.5, 0.6) is 0 Å². The molecule has 1 amide bonds. The van der Waals surface area contributed by atoms with E-state index in [9.17, 15) is 9.59 Å². The van der Waals surface area contributed by atoms with Gasteiger partial charge in [-0.05, 0) is 12.0 Å². The van der Waals surface area contributed by atoms with Gasteiger partial charge in [0.2, 0.25) is 12.2 Å². The minimum absolute atomic E-state index is 0.0734. The molecule has 1 aliphatic rings. The van der Waals surface area contributed by atoms with E-state index in [4.69, 9.17) is 0 Å². The first-order valence-corrected chi connectivity index (χ1v) is 5.52. The standard InChI is InChI=1S/C13H14NO2/c15-10-12(14-8-4-7-13(14)16)9-11-5-2-1-3-6-11/h1-3,5-6,12H,4,7-9H2/t12-/m1/s1. The van der Waals surface area contributed by atoms with Crippen molar-refractivity contribution < 1.29 is 9.59 Å². The molecule has 0 aromatic heterocycles. The van der Waals surface area contributed by atoms with E-state index in [0.29, 0.717) is 19.4 Å². The van der Waals surface area contributed by atoms with E-state index in [-0.39, 0.29) is 5.91 Å². The summed E-state index contributed by atoms with van der Waals surface area (Å²) >= 11 is 0. The summed E-state index contributed by atoms with van der Waals surface area (Å²) in [4.78, 5) is 24.1. The number of carbonyl (C=O) groups is 1. The lowest BCUT2D eigenvalue weighted by Crippen LogP contribution is -2.38. The molecule has 0 unspecified atom stereocenters. The van der Waals surface area contributed by atoms with E-state index < -0.39 is 6.04 Å². The first-order valence-electron chi connectivity index (χ1n) is 5.52. The van der Waals surface area contributed by atoms with Crippen molar-refractivity contribution in [1.82, 2.24) is 4.90 Å². The maximum Gasteiger partial charge on any atom is 0.223 e. The molecule has 0 N–H and O–H groups in total. The number of hydrogen-bond donors (Lipinski definition) is 0. The van der Waals surface area contributed by atoms with Crippen LogP contribution in [0.15, 0.2) is 30.3 Å². The van der Waals surface area contributed by atoms with Crippen molar-refractivity contribution in [2.75, 3.05) is 6.54 Å². The molecule has 2 rings (SSSR count). The number of likely N-dealkylation sites (tertiary alicyclic amines) is 1. The molecule has 0 bridgehead atoms. The normalized spacial score (nSPS) is 17.5. The van der Waals surface area contributed by atoms with Crippen molar-refractivity contribution >= 4 is 12.2 Å². The van der Waals surface area contributed by atoms with Crippen LogP contribution < -0.4 is 0 Å². The lowest BCUT2D eigenvalue weighted by atomic mass is 10.1. The van der Waals surface area contributed by atoms with Crippen molar-refractivity contribution in [3.05, 3.63) is 35.9 Å². The summed E-state index contributed by atoms with van der Waals surface area (Å²) in [7, 11) is 0. The van der Waals surface area contributed by atoms with Crippen LogP contribution in [0, 0.1) is 0 Å². The van der Waals surface area contributed by atoms with E-state index in [0.717, 1.165) is 12.0 Å². The zero-order chi connectivity index (χ0) is 11.4. The van der Waals surface area contributed by atoms with Crippen LogP contribution in [-0.2, 0) is 16.0 Å². The number of hydrogen-bond acceptors (Lipinski definition) is 2. The van der Waals surface area contributed by atoms with Gasteiger partial charge in [0, 0.05) is 19.4 Å². The van der Waals surface area contributed by atoms with Crippen LogP contribution in [0.1, 0.15) is 18.4 Å². The highest BCUT2D eigenvalue weighted by atomic mass is 16.2. The molecule has 3 heteroatoms. The molecule has 1 radical (unpaired) electrons. The zero-order valence-corrected chi connectivity index (χ0v) is 9.06. The summed E-state index contributed by atoms with van der Waals surface area (Å²) in [6, 6.07) is 9.31. The number of rotatable bonds is 4. The predicted octanol–water partition coefficient (Wildman–Crippen LogP) is 1.33. The topological polar surface area (TPSA) is 37.4 Å². The Morgan fingerprint density at radius 3 is 2.62 bits per heavy atom. The first-order chi connectivity index (χ1) is 7.81. The fourth-order valence-corrected chi connectivity index (χ4v) is 2.05. The molecule has 1 saturated heterocycles. The highest BCUT2D eigenvalue weighted by molar-refractivity contribution is 5.81. The molecule has 83 valence electrons. The van der Waals surface area contributed by atoms with Gasteiger partial charge in [0.05, 0.1) is 0 Å². The molecule has 1 heterocycles. The Kier molecular flexibility index (Phi) is 3.34. The first kappa shape index (κ1) is 10.9. The van der Waals surface area contributed by atoms with Gasteiger partial charge in [-0.3, -0.25) is 9.59 Å². The molecular weight excluding hydrogens is 202 g/mol. The fourth-order valence-electron chi connectivity index (χ4n) is 2.05. The van der Waals surface area contributed by atoms with Gasteiger partial charge in [0.1, 0.15) is 6.04 Å². The lowest BCUT2D eigenvalue weighted by Gasteiger charge is -2.22. The SMILES string of the molecule is O=[C][C@@H](Cc1ccccc1)N1CCCC1=O. The molecule has 1 atom stereocenters. The van der Waals surface area contributed by atoms with Gasteiger partial charge >= 0.3 is 0 Å². The molecule has 0 saturated carbocycles. The average molecular weight is 216 g/mol. The van der Waals surface area contributed by atoms with Gasteiger partial charge in [-0.25, -0.2) is 0 Å². The van der Waals surface area contributed by atoms with E-state index in [2.05, 4.69) is 0 Å². The molecule has 1 aromatic carbocycles. The Morgan fingerprint density at radius 2 is 2.06 bits per heavy atom. The lowest BCUT2D eigenvalue weighted by molar-refractivity contribution is -0.128. The van der Waals surface area contributed by atoms with E-state index >= 15 is 0 Å². The van der Waals surface area contributed by atoms with Crippen LogP contribution in [0.2, 0.25) is 0 Å². The van der Waals surface area contributed by atoms with Crippen molar-refractivity contribution in [1.29, 1.82) is 0 Å². The maximum absolute atomic E-state index is 11.5. The van der Waals surface area contributed by atoms with Gasteiger partial charge in [-0.15, -0.1) is 0 Å². The molecule has 1 aliphatic heterocycles. The maximum atomic E-state index is 11.5. The Balaban J connectivity index is 2.06. The van der Waals surface area contributed by atoms with Crippen molar-refractivity contribution in [2.24, 2.45) is 0 Å². The monoisotopic (exact) mass is 216 g/mol. The third-order valence-corrected chi connectivity index (χ3v) is 2.89. The number of carbonyl (C=O) groups excluding carboxylic acids is 2. The second-order valence-electron chi connectivity index (χ2n) is 4.01. The molecule has 3 nitrogen and oxygen atoms in total. The summed E-state index contributed by atoms with van der Waals surface area (Å²) in [5.41, 5.74) is 1.07. The molecule has 0 aliphatic carbocycles. The minimum atomic E-state index is -0.419. The van der Waals surface area contributed by atoms with Crippen LogP contribution in [0.3, 0.4) is 0 Å². The van der Waals surface area contributed by atoms with Gasteiger partial charge in [-0.2, -0.15) is 0 Å². The fraction of sp³-hybridized carbons (Fsp3) is 0.385. The number of amides is 1. The average Bonchev–Trinajstić information content (AvgIpc) is 2.74. The van der Waals surface area contributed by atoms with Crippen LogP contribution >= 0.6 is 0 Å². The molecule has 16 heavy (non-hydrogen) atoms. The van der Waals surface area contributed by atoms with Crippen molar-refractivity contribution in [2.45, 2.75) is 25.3 Å². The van der Waals surface area contributed by atoms with Gasteiger partial charge in [0.25, 0.3) is 0 Å². The Hall–Kier alpha value is -1.64. The van der Waals surface area contributed by atoms with Crippen molar-refractivity contribution in [3.63, 3.8) is 0 Å². The molecule has 0 spiro atoms. The molecule has 1 aromatic rings. The second kappa shape index (κ2) is 4.92. The Labute approximate surface area is 95.1 Å². The summed E-state index contributed by atoms with van der Waals surface area (Å²) in [6.07, 6.45) is 3.96. The van der Waals surface area contributed by atoms with E-state index in [1.807, 2.05) is 36.6 Å². The molecular formula is C13H14NO2. The summed E-state index contributed by atoms with van der Waals surface area (Å²) in [5, 5.41) is 0. The summed E-state index contributed by atoms with van der Waals surface area (Å²) in [6.45, 7) is 0.686. The predicted molar refractivity (Wildman–Crippen MR) is 60.6 cm³/mol. The summed E-state index contributed by atoms with van der Waals surface area (Å²) in [5.74, 6) is 0.0734. The zero-order valence-electron chi connectivity index (χ0n) is 9.06. The van der Waals surface area contributed by atoms with E-state index in [1.54, 1.807) is 4.90 Å². The number of benzene rings is 1. The van der Waals surface area contributed by atoms with Crippen LogP contribution in [0.25, 0.3) is 0 Å². The summed E-state index contributed by atoms with van der Waals surface area (Å²) < 4.78 is 0. The van der Waals surface area contributed by atoms with Crippen LogP contribution in [-0.4, -0.2) is 29.7 Å². The van der Waals surface area contributed by atoms with E-state index in [1.165, 1.54) is 0 Å². The highest BCUT2D eigenvalue weighted by Gasteiger charge is 2.28. The van der Waals surface area contributed by atoms with Gasteiger partial charge in [0.15, 0.2) is 0 Å². The second-order valence-corrected chi connectivity index (χ2v) is 4.01. The Morgan fingerprint density at radius 1 is 1.31 bits per heavy atom. The quantitative estimate of drug-likeness (QED) is 0.761. The Bertz CT molecular complexity index is 375. The third-order valence-electron chi connectivity index (χ3n) is 2.89. The van der Waals surface area contributed by atoms with Crippen molar-refractivity contribution in [3.8, 4) is 0 Å². The minimum Gasteiger partial charge on any atom is -0.332 e. The van der Waals surface area contributed by atoms with Crippen LogP contribution in [0.4, 0.5) is 0 Å². The van der Waals surface area contributed by atoms with Gasteiger partial charge in [-0.1, -0.05) is 30.3 Å². The number of nitrogens with zero attached hydrogens (tertiary/aromatic N) is 1. The third kappa shape index (κ3) is 2.30. The van der Waals surface area contributed by atoms with Gasteiger partial charge < -0.3 is 4.90 Å². The largest absolute Gasteiger partial charge is 0.332 e. The highest BCUT2D eigenvalue weighted by Crippen LogP contribution is 2.15. The smallest absolute Gasteiger partial charge is 0.223 e. The molecule has 1 fully saturated rings.